The van der Waals surface area contributed by atoms with Crippen molar-refractivity contribution in [3.63, 3.8) is 0 Å². The first kappa shape index (κ1) is 22.5. The van der Waals surface area contributed by atoms with Crippen LogP contribution in [0.15, 0.2) is 27.7 Å². The number of nitrogens with zero attached hydrogens (tertiary/aromatic N) is 2. The van der Waals surface area contributed by atoms with Crippen LogP contribution in [0.25, 0.3) is 0 Å². The molecule has 0 saturated heterocycles. The molecule has 2 N–H and O–H groups in total. The van der Waals surface area contributed by atoms with Crippen LogP contribution in [0.2, 0.25) is 0 Å². The van der Waals surface area contributed by atoms with Crippen molar-refractivity contribution < 1.29 is 4.42 Å². The Labute approximate surface area is 174 Å². The Hall–Kier alpha value is -1.57. The summed E-state index contributed by atoms with van der Waals surface area (Å²) in [6.45, 7) is 14.0. The van der Waals surface area contributed by atoms with Crippen LogP contribution in [0.5, 0.6) is 0 Å². The van der Waals surface area contributed by atoms with Gasteiger partial charge in [-0.25, -0.2) is 4.98 Å². The van der Waals surface area contributed by atoms with Crippen molar-refractivity contribution in [3.05, 3.63) is 52.2 Å². The van der Waals surface area contributed by atoms with Gasteiger partial charge in [0.2, 0.25) is 5.89 Å². The maximum absolute atomic E-state index is 5.80. The predicted octanol–water partition coefficient (Wildman–Crippen LogP) is 4.38. The van der Waals surface area contributed by atoms with Crippen molar-refractivity contribution in [2.75, 3.05) is 7.05 Å². The molecule has 0 amide bonds. The fourth-order valence-electron chi connectivity index (χ4n) is 2.78. The lowest BCUT2D eigenvalue weighted by Crippen LogP contribution is -2.36. The van der Waals surface area contributed by atoms with Gasteiger partial charge in [0.05, 0.1) is 12.7 Å². The van der Waals surface area contributed by atoms with Crippen LogP contribution in [0, 0.1) is 20.8 Å². The molecule has 1 aromatic heterocycles. The molecule has 6 heteroatoms. The molecule has 5 nitrogen and oxygen atoms in total. The van der Waals surface area contributed by atoms with Crippen LogP contribution in [-0.2, 0) is 18.5 Å². The van der Waals surface area contributed by atoms with Gasteiger partial charge in [0.25, 0.3) is 0 Å². The Morgan fingerprint density at radius 1 is 1.08 bits per heavy atom. The number of rotatable bonds is 4. The van der Waals surface area contributed by atoms with Crippen molar-refractivity contribution in [2.24, 2.45) is 4.99 Å². The zero-order valence-electron chi connectivity index (χ0n) is 16.9. The Kier molecular flexibility index (Phi) is 8.12. The third-order valence-corrected chi connectivity index (χ3v) is 4.20. The van der Waals surface area contributed by atoms with Gasteiger partial charge < -0.3 is 15.1 Å². The summed E-state index contributed by atoms with van der Waals surface area (Å²) in [7, 11) is 1.76. The molecule has 0 aliphatic carbocycles. The third kappa shape index (κ3) is 6.00. The molecule has 0 spiro atoms. The van der Waals surface area contributed by atoms with Gasteiger partial charge in [-0.05, 0) is 37.5 Å². The highest BCUT2D eigenvalue weighted by atomic mass is 127. The molecule has 0 unspecified atom stereocenters. The first-order valence-corrected chi connectivity index (χ1v) is 8.67. The second-order valence-corrected chi connectivity index (χ2v) is 7.52. The Balaban J connectivity index is 0.00000338. The van der Waals surface area contributed by atoms with E-state index in [1.165, 1.54) is 22.3 Å². The summed E-state index contributed by atoms with van der Waals surface area (Å²) in [5.74, 6) is 2.28. The van der Waals surface area contributed by atoms with E-state index in [2.05, 4.69) is 74.3 Å². The second kappa shape index (κ2) is 9.39. The van der Waals surface area contributed by atoms with E-state index in [0.29, 0.717) is 12.4 Å². The highest BCUT2D eigenvalue weighted by Gasteiger charge is 2.19. The molecule has 26 heavy (non-hydrogen) atoms. The van der Waals surface area contributed by atoms with Crippen molar-refractivity contribution in [2.45, 2.75) is 60.0 Å². The SMILES string of the molecule is CN=C(NCc1ncc(C(C)(C)C)o1)NCc1c(C)cc(C)cc1C.I. The average Bonchev–Trinajstić information content (AvgIpc) is 2.98. The zero-order chi connectivity index (χ0) is 18.6. The maximum atomic E-state index is 5.80. The highest BCUT2D eigenvalue weighted by molar-refractivity contribution is 14.0. The van der Waals surface area contributed by atoms with E-state index in [-0.39, 0.29) is 29.4 Å². The van der Waals surface area contributed by atoms with E-state index >= 15 is 0 Å². The van der Waals surface area contributed by atoms with Crippen molar-refractivity contribution in [1.29, 1.82) is 0 Å². The minimum atomic E-state index is -0.0360. The Morgan fingerprint density at radius 2 is 1.65 bits per heavy atom. The first-order valence-electron chi connectivity index (χ1n) is 8.67. The predicted molar refractivity (Wildman–Crippen MR) is 118 cm³/mol. The smallest absolute Gasteiger partial charge is 0.213 e. The molecule has 2 aromatic rings. The van der Waals surface area contributed by atoms with Crippen LogP contribution >= 0.6 is 24.0 Å². The summed E-state index contributed by atoms with van der Waals surface area (Å²) in [5, 5.41) is 6.62. The minimum absolute atomic E-state index is 0. The quantitative estimate of drug-likeness (QED) is 0.396. The largest absolute Gasteiger partial charge is 0.443 e. The minimum Gasteiger partial charge on any atom is -0.443 e. The molecule has 0 fully saturated rings. The average molecular weight is 470 g/mol. The summed E-state index contributed by atoms with van der Waals surface area (Å²) in [6, 6.07) is 4.42. The molecule has 0 bridgehead atoms. The number of nitrogens with one attached hydrogen (secondary N) is 2. The zero-order valence-corrected chi connectivity index (χ0v) is 19.2. The van der Waals surface area contributed by atoms with E-state index < -0.39 is 0 Å². The number of hydrogen-bond donors (Lipinski definition) is 2. The van der Waals surface area contributed by atoms with Gasteiger partial charge in [-0.3, -0.25) is 4.99 Å². The first-order chi connectivity index (χ1) is 11.7. The van der Waals surface area contributed by atoms with Gasteiger partial charge in [0.1, 0.15) is 5.76 Å². The molecule has 2 rings (SSSR count). The van der Waals surface area contributed by atoms with Crippen LogP contribution < -0.4 is 10.6 Å². The van der Waals surface area contributed by atoms with E-state index in [1.54, 1.807) is 13.2 Å². The number of halogens is 1. The molecule has 1 heterocycles. The molecule has 0 radical (unpaired) electrons. The normalized spacial score (nSPS) is 11.9. The molecule has 0 atom stereocenters. The van der Waals surface area contributed by atoms with Crippen LogP contribution in [0.3, 0.4) is 0 Å². The van der Waals surface area contributed by atoms with Crippen molar-refractivity contribution in [3.8, 4) is 0 Å². The molecule has 144 valence electrons. The topological polar surface area (TPSA) is 62.5 Å². The highest BCUT2D eigenvalue weighted by Crippen LogP contribution is 2.22. The van der Waals surface area contributed by atoms with Crippen molar-refractivity contribution >= 4 is 29.9 Å². The van der Waals surface area contributed by atoms with Gasteiger partial charge in [-0.15, -0.1) is 24.0 Å². The molecule has 1 aromatic carbocycles. The van der Waals surface area contributed by atoms with E-state index in [9.17, 15) is 0 Å². The van der Waals surface area contributed by atoms with E-state index in [4.69, 9.17) is 4.42 Å². The van der Waals surface area contributed by atoms with E-state index in [0.717, 1.165) is 18.3 Å². The van der Waals surface area contributed by atoms with Crippen LogP contribution in [0.1, 0.15) is 54.7 Å². The fourth-order valence-corrected chi connectivity index (χ4v) is 2.78. The number of hydrogen-bond acceptors (Lipinski definition) is 3. The Morgan fingerprint density at radius 3 is 2.15 bits per heavy atom. The van der Waals surface area contributed by atoms with E-state index in [1.807, 2.05) is 0 Å². The van der Waals surface area contributed by atoms with Gasteiger partial charge in [-0.1, -0.05) is 38.5 Å². The fraction of sp³-hybridized carbons (Fsp3) is 0.500. The molecule has 0 aliphatic rings. The molecular formula is C20H31IN4O. The lowest BCUT2D eigenvalue weighted by atomic mass is 9.94. The third-order valence-electron chi connectivity index (χ3n) is 4.20. The molecule has 0 saturated carbocycles. The van der Waals surface area contributed by atoms with Gasteiger partial charge in [0.15, 0.2) is 5.96 Å². The van der Waals surface area contributed by atoms with Gasteiger partial charge in [-0.2, -0.15) is 0 Å². The monoisotopic (exact) mass is 470 g/mol. The van der Waals surface area contributed by atoms with Crippen LogP contribution in [-0.4, -0.2) is 18.0 Å². The van der Waals surface area contributed by atoms with Gasteiger partial charge >= 0.3 is 0 Å². The summed E-state index contributed by atoms with van der Waals surface area (Å²) in [4.78, 5) is 8.61. The molecular weight excluding hydrogens is 439 g/mol. The number of aryl methyl sites for hydroxylation is 3. The number of benzene rings is 1. The summed E-state index contributed by atoms with van der Waals surface area (Å²) in [6.07, 6.45) is 1.80. The number of aromatic nitrogens is 1. The number of oxazole rings is 1. The van der Waals surface area contributed by atoms with Gasteiger partial charge in [0, 0.05) is 19.0 Å². The number of guanidine groups is 1. The lowest BCUT2D eigenvalue weighted by molar-refractivity contribution is 0.379. The van der Waals surface area contributed by atoms with Crippen LogP contribution in [0.4, 0.5) is 0 Å². The molecule has 0 aliphatic heterocycles. The summed E-state index contributed by atoms with van der Waals surface area (Å²) < 4.78 is 5.80. The second-order valence-electron chi connectivity index (χ2n) is 7.52. The number of aliphatic imine (C=N–C) groups is 1. The summed E-state index contributed by atoms with van der Waals surface area (Å²) in [5.41, 5.74) is 5.15. The Bertz CT molecular complexity index is 736. The summed E-state index contributed by atoms with van der Waals surface area (Å²) >= 11 is 0. The lowest BCUT2D eigenvalue weighted by Gasteiger charge is -2.15. The maximum Gasteiger partial charge on any atom is 0.213 e. The van der Waals surface area contributed by atoms with Crippen molar-refractivity contribution in [1.82, 2.24) is 15.6 Å². The standard InChI is InChI=1S/C20H30N4O.HI/c1-13-8-14(2)16(15(3)9-13)10-23-19(21-7)24-12-18-22-11-17(25-18)20(4,5)6;/h8-9,11H,10,12H2,1-7H3,(H2,21,23,24);1H.